The number of rotatable bonds is 8. The smallest absolute Gasteiger partial charge is 0.122 e. The van der Waals surface area contributed by atoms with Crippen molar-refractivity contribution in [1.82, 2.24) is 4.90 Å². The van der Waals surface area contributed by atoms with Gasteiger partial charge in [-0.15, -0.1) is 0 Å². The summed E-state index contributed by atoms with van der Waals surface area (Å²) in [5.41, 5.74) is 1.12. The maximum Gasteiger partial charge on any atom is 0.122 e. The summed E-state index contributed by atoms with van der Waals surface area (Å²) in [6.45, 7) is 5.60. The number of aliphatic hydroxyl groups excluding tert-OH is 1. The molecule has 5 nitrogen and oxygen atoms in total. The zero-order valence-corrected chi connectivity index (χ0v) is 15.2. The van der Waals surface area contributed by atoms with Gasteiger partial charge in [0.25, 0.3) is 0 Å². The third-order valence-corrected chi connectivity index (χ3v) is 4.40. The summed E-state index contributed by atoms with van der Waals surface area (Å²) in [5, 5.41) is 10.3. The molecule has 1 saturated heterocycles. The first-order valence-electron chi connectivity index (χ1n) is 9.09. The molecule has 2 unspecified atom stereocenters. The largest absolute Gasteiger partial charge is 0.491 e. The van der Waals surface area contributed by atoms with Crippen molar-refractivity contribution in [2.45, 2.75) is 19.1 Å². The van der Waals surface area contributed by atoms with Crippen molar-refractivity contribution in [3.05, 3.63) is 60.2 Å². The van der Waals surface area contributed by atoms with Crippen LogP contribution in [-0.2, 0) is 4.74 Å². The molecular weight excluding hydrogens is 330 g/mol. The van der Waals surface area contributed by atoms with E-state index in [9.17, 15) is 5.11 Å². The number of hydrogen-bond donors (Lipinski definition) is 1. The van der Waals surface area contributed by atoms with E-state index in [1.54, 1.807) is 0 Å². The maximum absolute atomic E-state index is 10.3. The van der Waals surface area contributed by atoms with Gasteiger partial charge in [0.05, 0.1) is 6.61 Å². The summed E-state index contributed by atoms with van der Waals surface area (Å²) in [6.07, 6.45) is -0.531. The molecule has 0 spiro atoms. The Kier molecular flexibility index (Phi) is 6.89. The minimum absolute atomic E-state index is 0.00518. The molecule has 1 aliphatic heterocycles. The van der Waals surface area contributed by atoms with E-state index in [-0.39, 0.29) is 12.7 Å². The predicted octanol–water partition coefficient (Wildman–Crippen LogP) is 2.51. The molecule has 0 radical (unpaired) electrons. The van der Waals surface area contributed by atoms with Gasteiger partial charge in [-0.25, -0.2) is 0 Å². The van der Waals surface area contributed by atoms with E-state index in [4.69, 9.17) is 14.2 Å². The number of aliphatic hydroxyl groups is 1. The normalized spacial score (nSPS) is 19.1. The first-order chi connectivity index (χ1) is 12.7. The Hall–Kier alpha value is -2.08. The molecule has 5 heteroatoms. The number of nitrogens with zero attached hydrogens (tertiary/aromatic N) is 1. The average Bonchev–Trinajstić information content (AvgIpc) is 2.67. The highest BCUT2D eigenvalue weighted by atomic mass is 16.5. The van der Waals surface area contributed by atoms with Gasteiger partial charge in [-0.1, -0.05) is 36.4 Å². The molecule has 0 aliphatic carbocycles. The van der Waals surface area contributed by atoms with E-state index >= 15 is 0 Å². The van der Waals surface area contributed by atoms with E-state index in [0.717, 1.165) is 30.2 Å². The first kappa shape index (κ1) is 18.7. The van der Waals surface area contributed by atoms with Crippen LogP contribution in [0, 0.1) is 6.92 Å². The van der Waals surface area contributed by atoms with Crippen LogP contribution in [0.25, 0.3) is 0 Å². The van der Waals surface area contributed by atoms with Gasteiger partial charge in [0, 0.05) is 19.6 Å². The molecule has 1 N–H and O–H groups in total. The Morgan fingerprint density at radius 3 is 2.69 bits per heavy atom. The predicted molar refractivity (Wildman–Crippen MR) is 101 cm³/mol. The zero-order valence-electron chi connectivity index (χ0n) is 15.2. The quantitative estimate of drug-likeness (QED) is 0.787. The van der Waals surface area contributed by atoms with Crippen molar-refractivity contribution in [3.63, 3.8) is 0 Å². The Labute approximate surface area is 155 Å². The monoisotopic (exact) mass is 357 g/mol. The minimum atomic E-state index is -0.536. The average molecular weight is 357 g/mol. The third-order valence-electron chi connectivity index (χ3n) is 4.40. The van der Waals surface area contributed by atoms with Crippen LogP contribution in [0.4, 0.5) is 0 Å². The lowest BCUT2D eigenvalue weighted by atomic mass is 10.2. The lowest BCUT2D eigenvalue weighted by molar-refractivity contribution is -0.0601. The number of ether oxygens (including phenoxy) is 3. The Morgan fingerprint density at radius 1 is 1.12 bits per heavy atom. The summed E-state index contributed by atoms with van der Waals surface area (Å²) in [4.78, 5) is 2.20. The molecule has 1 heterocycles. The molecule has 2 aromatic rings. The highest BCUT2D eigenvalue weighted by molar-refractivity contribution is 5.31. The summed E-state index contributed by atoms with van der Waals surface area (Å²) >= 11 is 0. The van der Waals surface area contributed by atoms with Crippen molar-refractivity contribution in [2.24, 2.45) is 0 Å². The van der Waals surface area contributed by atoms with Gasteiger partial charge in [0.2, 0.25) is 0 Å². The van der Waals surface area contributed by atoms with Crippen molar-refractivity contribution in [2.75, 3.05) is 39.5 Å². The lowest BCUT2D eigenvalue weighted by Gasteiger charge is -2.33. The second-order valence-electron chi connectivity index (χ2n) is 6.61. The molecule has 0 amide bonds. The molecule has 1 aliphatic rings. The van der Waals surface area contributed by atoms with Crippen LogP contribution in [0.5, 0.6) is 11.5 Å². The van der Waals surface area contributed by atoms with E-state index in [1.165, 1.54) is 0 Å². The molecule has 3 rings (SSSR count). The lowest BCUT2D eigenvalue weighted by Crippen LogP contribution is -2.48. The van der Waals surface area contributed by atoms with Crippen molar-refractivity contribution >= 4 is 0 Å². The van der Waals surface area contributed by atoms with Crippen LogP contribution in [0.2, 0.25) is 0 Å². The molecule has 140 valence electrons. The van der Waals surface area contributed by atoms with Crippen LogP contribution in [-0.4, -0.2) is 61.7 Å². The van der Waals surface area contributed by atoms with E-state index in [2.05, 4.69) is 4.90 Å². The molecule has 26 heavy (non-hydrogen) atoms. The van der Waals surface area contributed by atoms with Gasteiger partial charge >= 0.3 is 0 Å². The Balaban J connectivity index is 1.41. The molecule has 2 atom stereocenters. The second kappa shape index (κ2) is 9.57. The van der Waals surface area contributed by atoms with Crippen LogP contribution < -0.4 is 9.47 Å². The topological polar surface area (TPSA) is 51.2 Å². The van der Waals surface area contributed by atoms with Gasteiger partial charge in [-0.3, -0.25) is 4.90 Å². The number of para-hydroxylation sites is 2. The van der Waals surface area contributed by atoms with Crippen molar-refractivity contribution in [3.8, 4) is 11.5 Å². The van der Waals surface area contributed by atoms with Crippen LogP contribution in [0.3, 0.4) is 0 Å². The van der Waals surface area contributed by atoms with E-state index < -0.39 is 6.10 Å². The van der Waals surface area contributed by atoms with E-state index in [0.29, 0.717) is 19.8 Å². The van der Waals surface area contributed by atoms with Crippen molar-refractivity contribution in [1.29, 1.82) is 0 Å². The molecule has 2 aromatic carbocycles. The molecule has 1 fully saturated rings. The minimum Gasteiger partial charge on any atom is -0.491 e. The number of β-amino-alcohol motifs (C(OH)–C–C–N with tert-alkyl or cyclic N) is 1. The van der Waals surface area contributed by atoms with Crippen molar-refractivity contribution < 1.29 is 19.3 Å². The number of morpholine rings is 1. The van der Waals surface area contributed by atoms with Gasteiger partial charge in [-0.2, -0.15) is 0 Å². The van der Waals surface area contributed by atoms with Gasteiger partial charge in [-0.05, 0) is 30.7 Å². The SMILES string of the molecule is Cc1ccccc1OCC1CN(CC(O)COc2ccccc2)CCO1. The second-order valence-corrected chi connectivity index (χ2v) is 6.61. The molecular formula is C21H27NO4. The summed E-state index contributed by atoms with van der Waals surface area (Å²) in [7, 11) is 0. The fourth-order valence-corrected chi connectivity index (χ4v) is 3.01. The molecule has 0 aromatic heterocycles. The maximum atomic E-state index is 10.3. The Bertz CT molecular complexity index is 664. The highest BCUT2D eigenvalue weighted by Crippen LogP contribution is 2.17. The summed E-state index contributed by atoms with van der Waals surface area (Å²) in [6, 6.07) is 17.5. The van der Waals surface area contributed by atoms with Gasteiger partial charge < -0.3 is 19.3 Å². The summed E-state index contributed by atoms with van der Waals surface area (Å²) in [5.74, 6) is 1.67. The zero-order chi connectivity index (χ0) is 18.2. The highest BCUT2D eigenvalue weighted by Gasteiger charge is 2.23. The fraction of sp³-hybridized carbons (Fsp3) is 0.429. The van der Waals surface area contributed by atoms with Crippen LogP contribution >= 0.6 is 0 Å². The molecule has 0 bridgehead atoms. The standard InChI is InChI=1S/C21H27NO4/c1-17-7-5-6-10-21(17)26-16-20-14-22(11-12-24-20)13-18(23)15-25-19-8-3-2-4-9-19/h2-10,18,20,23H,11-16H2,1H3. The number of hydrogen-bond acceptors (Lipinski definition) is 5. The van der Waals surface area contributed by atoms with Gasteiger partial charge in [0.15, 0.2) is 0 Å². The first-order valence-corrected chi connectivity index (χ1v) is 9.09. The van der Waals surface area contributed by atoms with Crippen LogP contribution in [0.15, 0.2) is 54.6 Å². The third kappa shape index (κ3) is 5.73. The van der Waals surface area contributed by atoms with Gasteiger partial charge in [0.1, 0.15) is 36.9 Å². The number of benzene rings is 2. The van der Waals surface area contributed by atoms with Crippen LogP contribution in [0.1, 0.15) is 5.56 Å². The summed E-state index contributed by atoms with van der Waals surface area (Å²) < 4.78 is 17.3. The Morgan fingerprint density at radius 2 is 1.88 bits per heavy atom. The molecule has 0 saturated carbocycles. The fourth-order valence-electron chi connectivity index (χ4n) is 3.01. The number of aryl methyl sites for hydroxylation is 1. The van der Waals surface area contributed by atoms with E-state index in [1.807, 2.05) is 61.5 Å².